The highest BCUT2D eigenvalue weighted by atomic mass is 32.1. The van der Waals surface area contributed by atoms with Gasteiger partial charge in [-0.2, -0.15) is 0 Å². The number of benzene rings is 1. The fourth-order valence-corrected chi connectivity index (χ4v) is 4.61. The van der Waals surface area contributed by atoms with Crippen molar-refractivity contribution >= 4 is 45.3 Å². The molecule has 0 saturated carbocycles. The fourth-order valence-electron chi connectivity index (χ4n) is 3.22. The summed E-state index contributed by atoms with van der Waals surface area (Å²) in [6, 6.07) is 5.60. The molecule has 0 fully saturated rings. The molecule has 162 valence electrons. The zero-order valence-corrected chi connectivity index (χ0v) is 19.3. The lowest BCUT2D eigenvalue weighted by atomic mass is 10.1. The lowest BCUT2D eigenvalue weighted by Crippen LogP contribution is -2.48. The number of thiazole rings is 1. The van der Waals surface area contributed by atoms with Crippen molar-refractivity contribution in [3.63, 3.8) is 0 Å². The first kappa shape index (κ1) is 21.4. The number of carbonyl (C=O) groups excluding carboxylic acids is 2. The van der Waals surface area contributed by atoms with Crippen LogP contribution in [0.15, 0.2) is 23.6 Å². The lowest BCUT2D eigenvalue weighted by molar-refractivity contribution is -0.128. The van der Waals surface area contributed by atoms with E-state index >= 15 is 0 Å². The Balaban J connectivity index is 1.60. The van der Waals surface area contributed by atoms with Crippen molar-refractivity contribution in [1.82, 2.24) is 15.2 Å². The highest BCUT2D eigenvalue weighted by Gasteiger charge is 2.35. The van der Waals surface area contributed by atoms with Crippen LogP contribution in [0.5, 0.6) is 5.75 Å². The summed E-state index contributed by atoms with van der Waals surface area (Å²) in [7, 11) is 0. The summed E-state index contributed by atoms with van der Waals surface area (Å²) in [6.45, 7) is 7.72. The minimum Gasteiger partial charge on any atom is -0.478 e. The number of rotatable bonds is 6. The van der Waals surface area contributed by atoms with Crippen LogP contribution in [0, 0.1) is 6.92 Å². The molecule has 3 heterocycles. The van der Waals surface area contributed by atoms with Crippen molar-refractivity contribution in [2.24, 2.45) is 0 Å². The summed E-state index contributed by atoms with van der Waals surface area (Å²) in [5.41, 5.74) is 2.26. The maximum atomic E-state index is 13.0. The molecule has 3 aromatic rings. The Morgan fingerprint density at radius 3 is 2.77 bits per heavy atom. The first-order valence-electron chi connectivity index (χ1n) is 10.0. The van der Waals surface area contributed by atoms with E-state index in [1.807, 2.05) is 51.3 Å². The molecule has 2 aromatic heterocycles. The molecule has 0 aliphatic carbocycles. The maximum absolute atomic E-state index is 13.0. The molecule has 1 aromatic carbocycles. The molecule has 1 aliphatic rings. The summed E-state index contributed by atoms with van der Waals surface area (Å²) < 4.78 is 5.89. The van der Waals surface area contributed by atoms with Gasteiger partial charge in [-0.05, 0) is 31.5 Å². The number of hydrogen-bond acceptors (Lipinski definition) is 8. The molecule has 10 heteroatoms. The normalized spacial score (nSPS) is 15.7. The minimum atomic E-state index is -0.623. The number of amides is 2. The molecule has 1 N–H and O–H groups in total. The average Bonchev–Trinajstić information content (AvgIpc) is 3.38. The SMILES string of the molecule is CCC1Oc2ccc(-c3csc(C)n3)cc2N(CC(=O)Nc2nnc(C(C)C)s2)C1=O. The second kappa shape index (κ2) is 8.72. The van der Waals surface area contributed by atoms with E-state index in [0.717, 1.165) is 21.3 Å². The minimum absolute atomic E-state index is 0.137. The molecule has 1 unspecified atom stereocenters. The summed E-state index contributed by atoms with van der Waals surface area (Å²) in [4.78, 5) is 31.8. The third kappa shape index (κ3) is 4.45. The Labute approximate surface area is 188 Å². The number of anilines is 2. The van der Waals surface area contributed by atoms with E-state index in [0.29, 0.717) is 23.0 Å². The van der Waals surface area contributed by atoms with E-state index < -0.39 is 6.10 Å². The first-order chi connectivity index (χ1) is 14.9. The molecule has 0 bridgehead atoms. The van der Waals surface area contributed by atoms with E-state index in [2.05, 4.69) is 20.5 Å². The predicted molar refractivity (Wildman–Crippen MR) is 122 cm³/mol. The largest absolute Gasteiger partial charge is 0.478 e. The van der Waals surface area contributed by atoms with E-state index in [1.54, 1.807) is 11.3 Å². The monoisotopic (exact) mass is 457 g/mol. The summed E-state index contributed by atoms with van der Waals surface area (Å²) in [6.07, 6.45) is -0.112. The van der Waals surface area contributed by atoms with E-state index in [9.17, 15) is 9.59 Å². The Hall–Kier alpha value is -2.85. The molecule has 2 amide bonds. The maximum Gasteiger partial charge on any atom is 0.268 e. The van der Waals surface area contributed by atoms with Crippen molar-refractivity contribution in [3.05, 3.63) is 33.6 Å². The number of ether oxygens (including phenoxy) is 1. The zero-order chi connectivity index (χ0) is 22.1. The third-order valence-electron chi connectivity index (χ3n) is 4.83. The van der Waals surface area contributed by atoms with Gasteiger partial charge in [0, 0.05) is 16.9 Å². The van der Waals surface area contributed by atoms with Crippen LogP contribution in [0.1, 0.15) is 43.1 Å². The molecule has 0 radical (unpaired) electrons. The Bertz CT molecular complexity index is 1120. The second-order valence-corrected chi connectivity index (χ2v) is 9.59. The number of nitrogens with zero attached hydrogens (tertiary/aromatic N) is 4. The van der Waals surface area contributed by atoms with Crippen LogP contribution in [0.2, 0.25) is 0 Å². The van der Waals surface area contributed by atoms with Crippen LogP contribution in [0.3, 0.4) is 0 Å². The van der Waals surface area contributed by atoms with E-state index in [1.165, 1.54) is 16.2 Å². The molecule has 0 spiro atoms. The smallest absolute Gasteiger partial charge is 0.268 e. The number of aromatic nitrogens is 3. The van der Waals surface area contributed by atoms with Gasteiger partial charge in [-0.25, -0.2) is 4.98 Å². The van der Waals surface area contributed by atoms with Gasteiger partial charge >= 0.3 is 0 Å². The van der Waals surface area contributed by atoms with Crippen molar-refractivity contribution in [3.8, 4) is 17.0 Å². The Kier molecular flexibility index (Phi) is 6.01. The van der Waals surface area contributed by atoms with Crippen molar-refractivity contribution in [1.29, 1.82) is 0 Å². The number of aryl methyl sites for hydroxylation is 1. The van der Waals surface area contributed by atoms with Gasteiger partial charge in [0.25, 0.3) is 5.91 Å². The van der Waals surface area contributed by atoms with Gasteiger partial charge in [-0.3, -0.25) is 19.8 Å². The van der Waals surface area contributed by atoms with Gasteiger partial charge in [0.2, 0.25) is 11.0 Å². The third-order valence-corrected chi connectivity index (χ3v) is 6.74. The topological polar surface area (TPSA) is 97.3 Å². The summed E-state index contributed by atoms with van der Waals surface area (Å²) in [5.74, 6) is 0.233. The number of nitrogens with one attached hydrogen (secondary N) is 1. The van der Waals surface area contributed by atoms with Gasteiger partial charge in [-0.15, -0.1) is 21.5 Å². The van der Waals surface area contributed by atoms with Crippen molar-refractivity contribution in [2.45, 2.75) is 46.1 Å². The molecular formula is C21H23N5O3S2. The van der Waals surface area contributed by atoms with Crippen LogP contribution in [0.25, 0.3) is 11.3 Å². The Morgan fingerprint density at radius 2 is 2.13 bits per heavy atom. The Morgan fingerprint density at radius 1 is 1.32 bits per heavy atom. The van der Waals surface area contributed by atoms with Crippen LogP contribution >= 0.6 is 22.7 Å². The number of carbonyl (C=O) groups is 2. The highest BCUT2D eigenvalue weighted by molar-refractivity contribution is 7.15. The molecule has 8 nitrogen and oxygen atoms in total. The molecule has 31 heavy (non-hydrogen) atoms. The van der Waals surface area contributed by atoms with Gasteiger partial charge < -0.3 is 4.74 Å². The zero-order valence-electron chi connectivity index (χ0n) is 17.7. The van der Waals surface area contributed by atoms with Crippen LogP contribution in [0.4, 0.5) is 10.8 Å². The highest BCUT2D eigenvalue weighted by Crippen LogP contribution is 2.38. The van der Waals surface area contributed by atoms with Crippen molar-refractivity contribution in [2.75, 3.05) is 16.8 Å². The number of hydrogen-bond donors (Lipinski definition) is 1. The molecule has 0 saturated heterocycles. The number of fused-ring (bicyclic) bond motifs is 1. The quantitative estimate of drug-likeness (QED) is 0.595. The van der Waals surface area contributed by atoms with Crippen LogP contribution in [-0.4, -0.2) is 39.6 Å². The molecule has 1 atom stereocenters. The summed E-state index contributed by atoms with van der Waals surface area (Å²) in [5, 5.41) is 15.1. The van der Waals surface area contributed by atoms with Crippen LogP contribution < -0.4 is 15.0 Å². The fraction of sp³-hybridized carbons (Fsp3) is 0.381. The predicted octanol–water partition coefficient (Wildman–Crippen LogP) is 4.24. The van der Waals surface area contributed by atoms with E-state index in [-0.39, 0.29) is 24.3 Å². The second-order valence-electron chi connectivity index (χ2n) is 7.52. The van der Waals surface area contributed by atoms with Gasteiger partial charge in [0.05, 0.1) is 16.4 Å². The summed E-state index contributed by atoms with van der Waals surface area (Å²) >= 11 is 2.89. The van der Waals surface area contributed by atoms with Gasteiger partial charge in [0.1, 0.15) is 17.3 Å². The molecule has 1 aliphatic heterocycles. The van der Waals surface area contributed by atoms with Gasteiger partial charge in [-0.1, -0.05) is 32.1 Å². The van der Waals surface area contributed by atoms with Crippen molar-refractivity contribution < 1.29 is 14.3 Å². The average molecular weight is 458 g/mol. The lowest BCUT2D eigenvalue weighted by Gasteiger charge is -2.33. The van der Waals surface area contributed by atoms with Gasteiger partial charge in [0.15, 0.2) is 6.10 Å². The molecular weight excluding hydrogens is 434 g/mol. The van der Waals surface area contributed by atoms with E-state index in [4.69, 9.17) is 4.74 Å². The standard InChI is InChI=1S/C21H23N5O3S2/c1-5-16-20(28)26(9-18(27)23-21-25-24-19(31-21)11(2)3)15-8-13(6-7-17(15)29-16)14-10-30-12(4)22-14/h6-8,10-11,16H,5,9H2,1-4H3,(H,23,25,27). The molecule has 4 rings (SSSR count). The van der Waals surface area contributed by atoms with Crippen LogP contribution in [-0.2, 0) is 9.59 Å². The first-order valence-corrected chi connectivity index (χ1v) is 11.7.